The Kier molecular flexibility index (Phi) is 6.23. The van der Waals surface area contributed by atoms with Crippen molar-refractivity contribution in [2.75, 3.05) is 0 Å². The van der Waals surface area contributed by atoms with Crippen molar-refractivity contribution in [1.29, 1.82) is 0 Å². The van der Waals surface area contributed by atoms with Crippen LogP contribution in [0.3, 0.4) is 0 Å². The van der Waals surface area contributed by atoms with E-state index in [9.17, 15) is 9.90 Å². The Balaban J connectivity index is 1.98. The van der Waals surface area contributed by atoms with Crippen molar-refractivity contribution in [3.63, 3.8) is 0 Å². The highest BCUT2D eigenvalue weighted by Crippen LogP contribution is 2.49. The second-order valence-electron chi connectivity index (χ2n) is 10.2. The predicted octanol–water partition coefficient (Wildman–Crippen LogP) is 7.81. The van der Waals surface area contributed by atoms with Gasteiger partial charge in [0.1, 0.15) is 5.76 Å². The van der Waals surface area contributed by atoms with E-state index >= 15 is 0 Å². The van der Waals surface area contributed by atoms with Crippen LogP contribution >= 0.6 is 23.5 Å². The summed E-state index contributed by atoms with van der Waals surface area (Å²) in [5.41, 5.74) is 2.80. The summed E-state index contributed by atoms with van der Waals surface area (Å²) in [5, 5.41) is 11.0. The molecule has 0 spiro atoms. The lowest BCUT2D eigenvalue weighted by Crippen LogP contribution is -2.22. The Labute approximate surface area is 189 Å². The van der Waals surface area contributed by atoms with Gasteiger partial charge in [0.05, 0.1) is 11.1 Å². The zero-order valence-electron chi connectivity index (χ0n) is 19.2. The van der Waals surface area contributed by atoms with Crippen molar-refractivity contribution in [3.8, 4) is 0 Å². The second kappa shape index (κ2) is 8.12. The number of hydrogen-bond donors (Lipinski definition) is 1. The van der Waals surface area contributed by atoms with E-state index in [-0.39, 0.29) is 22.4 Å². The largest absolute Gasteiger partial charge is 0.506 e. The molecule has 0 bridgehead atoms. The highest BCUT2D eigenvalue weighted by Gasteiger charge is 2.33. The number of hydrogen-bond acceptors (Lipinski definition) is 4. The van der Waals surface area contributed by atoms with E-state index in [0.717, 1.165) is 11.1 Å². The fraction of sp³-hybridized carbons (Fsp3) is 0.423. The molecule has 0 aromatic carbocycles. The van der Waals surface area contributed by atoms with Crippen LogP contribution in [0.5, 0.6) is 0 Å². The molecule has 0 saturated carbocycles. The first-order valence-electron chi connectivity index (χ1n) is 10.4. The van der Waals surface area contributed by atoms with Gasteiger partial charge in [-0.25, -0.2) is 0 Å². The molecule has 1 N–H and O–H groups in total. The third kappa shape index (κ3) is 4.97. The summed E-state index contributed by atoms with van der Waals surface area (Å²) in [4.78, 5) is 16.6. The van der Waals surface area contributed by atoms with Crippen LogP contribution in [0.15, 0.2) is 79.2 Å². The SMILES string of the molecule is CC1=CC(C=C2C(=O)C(C=C3C=C(C(C)(C)C)SC(C(C)(C)C)=C3)=C2O)=CC(C)S1. The van der Waals surface area contributed by atoms with Crippen molar-refractivity contribution in [3.05, 3.63) is 79.2 Å². The number of rotatable bonds is 2. The zero-order valence-corrected chi connectivity index (χ0v) is 20.8. The maximum absolute atomic E-state index is 12.8. The highest BCUT2D eigenvalue weighted by atomic mass is 32.2. The van der Waals surface area contributed by atoms with Crippen molar-refractivity contribution in [2.45, 2.75) is 60.6 Å². The van der Waals surface area contributed by atoms with Crippen molar-refractivity contribution < 1.29 is 9.90 Å². The molecule has 3 aliphatic rings. The van der Waals surface area contributed by atoms with Crippen molar-refractivity contribution >= 4 is 29.3 Å². The van der Waals surface area contributed by atoms with Crippen LogP contribution in [-0.2, 0) is 4.79 Å². The quantitative estimate of drug-likeness (QED) is 0.444. The van der Waals surface area contributed by atoms with Gasteiger partial charge in [0, 0.05) is 5.25 Å². The molecule has 2 heterocycles. The van der Waals surface area contributed by atoms with Gasteiger partial charge in [0.15, 0.2) is 0 Å². The van der Waals surface area contributed by atoms with E-state index in [0.29, 0.717) is 16.4 Å². The molecule has 0 fully saturated rings. The minimum Gasteiger partial charge on any atom is -0.506 e. The molecule has 1 unspecified atom stereocenters. The van der Waals surface area contributed by atoms with Crippen LogP contribution in [0.4, 0.5) is 0 Å². The summed E-state index contributed by atoms with van der Waals surface area (Å²) >= 11 is 3.62. The zero-order chi connectivity index (χ0) is 22.4. The lowest BCUT2D eigenvalue weighted by molar-refractivity contribution is -0.113. The van der Waals surface area contributed by atoms with Gasteiger partial charge in [-0.15, -0.1) is 11.8 Å². The smallest absolute Gasteiger partial charge is 0.200 e. The summed E-state index contributed by atoms with van der Waals surface area (Å²) in [5.74, 6) is 0.00690. The molecule has 0 aromatic heterocycles. The number of carbonyl (C=O) groups excluding carboxylic acids is 1. The van der Waals surface area contributed by atoms with Gasteiger partial charge < -0.3 is 5.11 Å². The maximum atomic E-state index is 12.8. The van der Waals surface area contributed by atoms with Gasteiger partial charge in [-0.1, -0.05) is 59.4 Å². The molecular formula is C26H32O2S2. The van der Waals surface area contributed by atoms with Crippen LogP contribution in [0.2, 0.25) is 0 Å². The Morgan fingerprint density at radius 1 is 0.967 bits per heavy atom. The fourth-order valence-corrected chi connectivity index (χ4v) is 5.65. The van der Waals surface area contributed by atoms with Crippen LogP contribution in [-0.4, -0.2) is 16.1 Å². The average molecular weight is 441 g/mol. The van der Waals surface area contributed by atoms with Crippen LogP contribution in [0, 0.1) is 10.8 Å². The predicted molar refractivity (Wildman–Crippen MR) is 132 cm³/mol. The Morgan fingerprint density at radius 2 is 1.53 bits per heavy atom. The van der Waals surface area contributed by atoms with Crippen LogP contribution < -0.4 is 0 Å². The van der Waals surface area contributed by atoms with E-state index < -0.39 is 0 Å². The number of aliphatic hydroxyl groups excluding tert-OH is 1. The molecule has 3 rings (SSSR count). The molecular weight excluding hydrogens is 408 g/mol. The molecule has 1 aliphatic carbocycles. The molecule has 0 aromatic rings. The molecule has 0 amide bonds. The van der Waals surface area contributed by atoms with Crippen molar-refractivity contribution in [2.24, 2.45) is 10.8 Å². The van der Waals surface area contributed by atoms with Gasteiger partial charge in [-0.3, -0.25) is 4.79 Å². The van der Waals surface area contributed by atoms with Crippen LogP contribution in [0.25, 0.3) is 0 Å². The third-order valence-electron chi connectivity index (χ3n) is 5.08. The Morgan fingerprint density at radius 3 is 2.00 bits per heavy atom. The number of allylic oxidation sites excluding steroid dienone is 12. The van der Waals surface area contributed by atoms with E-state index in [2.05, 4.69) is 79.7 Å². The van der Waals surface area contributed by atoms with E-state index in [1.54, 1.807) is 11.8 Å². The minimum atomic E-state index is -0.0903. The van der Waals surface area contributed by atoms with E-state index in [1.165, 1.54) is 14.7 Å². The molecule has 2 aliphatic heterocycles. The molecule has 0 saturated heterocycles. The first-order chi connectivity index (χ1) is 13.8. The average Bonchev–Trinajstić information content (AvgIpc) is 2.61. The number of thioether (sulfide) groups is 2. The van der Waals surface area contributed by atoms with Crippen LogP contribution in [0.1, 0.15) is 55.4 Å². The molecule has 30 heavy (non-hydrogen) atoms. The topological polar surface area (TPSA) is 37.3 Å². The van der Waals surface area contributed by atoms with E-state index in [4.69, 9.17) is 0 Å². The lowest BCUT2D eigenvalue weighted by atomic mass is 9.84. The van der Waals surface area contributed by atoms with Gasteiger partial charge in [-0.2, -0.15) is 0 Å². The Hall–Kier alpha value is -1.65. The number of ketones is 1. The first-order valence-corrected chi connectivity index (χ1v) is 12.1. The summed E-state index contributed by atoms with van der Waals surface area (Å²) in [6, 6.07) is 0. The van der Waals surface area contributed by atoms with Gasteiger partial charge in [0.25, 0.3) is 0 Å². The summed E-state index contributed by atoms with van der Waals surface area (Å²) in [6.45, 7) is 17.4. The molecule has 1 atom stereocenters. The second-order valence-corrected chi connectivity index (χ2v) is 12.9. The van der Waals surface area contributed by atoms with Gasteiger partial charge >= 0.3 is 0 Å². The first kappa shape index (κ1) is 23.0. The van der Waals surface area contributed by atoms with Crippen molar-refractivity contribution in [1.82, 2.24) is 0 Å². The summed E-state index contributed by atoms with van der Waals surface area (Å²) in [7, 11) is 0. The monoisotopic (exact) mass is 440 g/mol. The number of Topliss-reactive ketones (excluding diaryl/α,β-unsaturated/α-hetero) is 1. The normalized spacial score (nSPS) is 24.3. The van der Waals surface area contributed by atoms with Gasteiger partial charge in [-0.05, 0) is 80.9 Å². The number of aliphatic hydroxyl groups is 1. The fourth-order valence-electron chi connectivity index (χ4n) is 3.39. The minimum absolute atomic E-state index is 0.0198. The summed E-state index contributed by atoms with van der Waals surface area (Å²) in [6.07, 6.45) is 12.1. The number of carbonyl (C=O) groups is 1. The third-order valence-corrected chi connectivity index (χ3v) is 7.98. The molecule has 0 radical (unpaired) electrons. The molecule has 4 heteroatoms. The molecule has 160 valence electrons. The lowest BCUT2D eigenvalue weighted by Gasteiger charge is -2.32. The summed E-state index contributed by atoms with van der Waals surface area (Å²) < 4.78 is 0. The maximum Gasteiger partial charge on any atom is 0.200 e. The van der Waals surface area contributed by atoms with Gasteiger partial charge in [0.2, 0.25) is 5.78 Å². The standard InChI is InChI=1S/C26H32O2S2/c1-15-9-17(10-16(2)29-15)11-19-23(27)20(24(19)28)12-18-13-21(25(3,4)5)30-22(14-18)26(6,7)8/h9-15,27H,1-8H3. The molecule has 2 nitrogen and oxygen atoms in total. The Bertz CT molecular complexity index is 965. The highest BCUT2D eigenvalue weighted by molar-refractivity contribution is 8.06. The van der Waals surface area contributed by atoms with E-state index in [1.807, 2.05) is 23.9 Å².